The van der Waals surface area contributed by atoms with Crippen molar-refractivity contribution in [2.45, 2.75) is 40.3 Å². The summed E-state index contributed by atoms with van der Waals surface area (Å²) in [5, 5.41) is 0. The Morgan fingerprint density at radius 2 is 1.94 bits per heavy atom. The van der Waals surface area contributed by atoms with Crippen molar-refractivity contribution < 1.29 is 27.9 Å². The van der Waals surface area contributed by atoms with Gasteiger partial charge in [-0.25, -0.2) is 9.18 Å². The molecule has 0 saturated heterocycles. The number of carbonyl (C=O) groups excluding carboxylic acids is 3. The molecule has 0 saturated carbocycles. The van der Waals surface area contributed by atoms with Gasteiger partial charge in [0.2, 0.25) is 0 Å². The number of nitrogens with zero attached hydrogens (tertiary/aromatic N) is 1. The zero-order chi connectivity index (χ0) is 23.4. The van der Waals surface area contributed by atoms with Crippen LogP contribution in [0.15, 0.2) is 47.1 Å². The third-order valence-electron chi connectivity index (χ3n) is 5.25. The number of aromatic amines is 1. The highest BCUT2D eigenvalue weighted by atomic mass is 19.1. The van der Waals surface area contributed by atoms with Gasteiger partial charge in [-0.1, -0.05) is 6.07 Å². The first-order valence-electron chi connectivity index (χ1n) is 10.2. The molecule has 2 aromatic heterocycles. The van der Waals surface area contributed by atoms with Crippen LogP contribution >= 0.6 is 0 Å². The molecular formula is C24H25FN2O5. The van der Waals surface area contributed by atoms with Gasteiger partial charge in [0.1, 0.15) is 17.3 Å². The number of amides is 1. The van der Waals surface area contributed by atoms with Gasteiger partial charge in [0.15, 0.2) is 5.78 Å². The number of carbonyl (C=O) groups is 3. The monoisotopic (exact) mass is 440 g/mol. The van der Waals surface area contributed by atoms with Crippen LogP contribution in [0.5, 0.6) is 0 Å². The topological polar surface area (TPSA) is 92.6 Å². The predicted molar refractivity (Wildman–Crippen MR) is 115 cm³/mol. The fourth-order valence-corrected chi connectivity index (χ4v) is 3.62. The Hall–Kier alpha value is -3.68. The van der Waals surface area contributed by atoms with E-state index in [1.807, 2.05) is 0 Å². The maximum absolute atomic E-state index is 13.7. The lowest BCUT2D eigenvalue weighted by molar-refractivity contribution is 0.0518. The molecule has 3 aromatic rings. The first-order chi connectivity index (χ1) is 15.2. The third-order valence-corrected chi connectivity index (χ3v) is 5.25. The number of hydrogen-bond acceptors (Lipinski definition) is 5. The largest absolute Gasteiger partial charge is 0.467 e. The van der Waals surface area contributed by atoms with Crippen LogP contribution in [0.4, 0.5) is 4.39 Å². The number of aryl methyl sites for hydroxylation is 1. The Balaban J connectivity index is 1.97. The lowest BCUT2D eigenvalue weighted by atomic mass is 9.99. The van der Waals surface area contributed by atoms with E-state index in [1.54, 1.807) is 39.8 Å². The summed E-state index contributed by atoms with van der Waals surface area (Å²) in [7, 11) is 0. The van der Waals surface area contributed by atoms with Crippen molar-refractivity contribution in [3.05, 3.63) is 82.3 Å². The highest BCUT2D eigenvalue weighted by Crippen LogP contribution is 2.24. The number of rotatable bonds is 8. The fourth-order valence-electron chi connectivity index (χ4n) is 3.62. The predicted octanol–water partition coefficient (Wildman–Crippen LogP) is 4.45. The number of benzene rings is 1. The van der Waals surface area contributed by atoms with Crippen LogP contribution in [0.2, 0.25) is 0 Å². The van der Waals surface area contributed by atoms with E-state index in [0.717, 1.165) is 6.07 Å². The minimum absolute atomic E-state index is 0.0164. The molecule has 0 aliphatic carbocycles. The van der Waals surface area contributed by atoms with Crippen LogP contribution in [0.1, 0.15) is 62.1 Å². The molecule has 1 unspecified atom stereocenters. The number of nitrogens with one attached hydrogen (secondary N) is 1. The smallest absolute Gasteiger partial charge is 0.355 e. The van der Waals surface area contributed by atoms with E-state index < -0.39 is 23.7 Å². The zero-order valence-electron chi connectivity index (χ0n) is 18.4. The first kappa shape index (κ1) is 23.0. The molecule has 1 atom stereocenters. The molecule has 8 heteroatoms. The van der Waals surface area contributed by atoms with Crippen LogP contribution in [0.25, 0.3) is 0 Å². The summed E-state index contributed by atoms with van der Waals surface area (Å²) in [5.74, 6) is -1.50. The molecule has 0 aliphatic rings. The average Bonchev–Trinajstić information content (AvgIpc) is 3.38. The van der Waals surface area contributed by atoms with Gasteiger partial charge < -0.3 is 19.0 Å². The van der Waals surface area contributed by atoms with E-state index in [-0.39, 0.29) is 30.2 Å². The molecule has 7 nitrogen and oxygen atoms in total. The summed E-state index contributed by atoms with van der Waals surface area (Å²) >= 11 is 0. The highest BCUT2D eigenvalue weighted by Gasteiger charge is 2.32. The number of halogens is 1. The van der Waals surface area contributed by atoms with Crippen molar-refractivity contribution in [3.8, 4) is 0 Å². The number of ether oxygens (including phenoxy) is 1. The van der Waals surface area contributed by atoms with E-state index in [9.17, 15) is 18.8 Å². The second kappa shape index (κ2) is 9.64. The third kappa shape index (κ3) is 4.64. The van der Waals surface area contributed by atoms with Crippen molar-refractivity contribution in [1.82, 2.24) is 9.88 Å². The number of ketones is 1. The summed E-state index contributed by atoms with van der Waals surface area (Å²) < 4.78 is 24.2. The van der Waals surface area contributed by atoms with Crippen molar-refractivity contribution in [2.75, 3.05) is 6.61 Å². The fraction of sp³-hybridized carbons (Fsp3) is 0.292. The van der Waals surface area contributed by atoms with Gasteiger partial charge in [0, 0.05) is 16.8 Å². The minimum Gasteiger partial charge on any atom is -0.467 e. The standard InChI is InChI=1S/C24H25FN2O5/c1-5-31-24(30)21-14(2)20(15(3)26-21)22(28)16(4)27(13-19-10-7-11-32-19)23(29)17-8-6-9-18(25)12-17/h6-12,16,26H,5,13H2,1-4H3. The normalized spacial score (nSPS) is 11.8. The van der Waals surface area contributed by atoms with Crippen molar-refractivity contribution >= 4 is 17.7 Å². The summed E-state index contributed by atoms with van der Waals surface area (Å²) in [5.41, 5.74) is 1.59. The summed E-state index contributed by atoms with van der Waals surface area (Å²) in [6, 6.07) is 7.74. The first-order valence-corrected chi connectivity index (χ1v) is 10.2. The molecule has 1 N–H and O–H groups in total. The van der Waals surface area contributed by atoms with Crippen LogP contribution in [0.3, 0.4) is 0 Å². The zero-order valence-corrected chi connectivity index (χ0v) is 18.4. The molecule has 0 radical (unpaired) electrons. The van der Waals surface area contributed by atoms with Gasteiger partial charge in [0.25, 0.3) is 5.91 Å². The molecule has 0 bridgehead atoms. The molecule has 0 spiro atoms. The molecule has 3 rings (SSSR count). The quantitative estimate of drug-likeness (QED) is 0.413. The van der Waals surface area contributed by atoms with Gasteiger partial charge in [-0.2, -0.15) is 0 Å². The Morgan fingerprint density at radius 3 is 2.56 bits per heavy atom. The lowest BCUT2D eigenvalue weighted by Crippen LogP contribution is -2.43. The van der Waals surface area contributed by atoms with Crippen LogP contribution in [0, 0.1) is 19.7 Å². The number of hydrogen-bond donors (Lipinski definition) is 1. The minimum atomic E-state index is -0.917. The SMILES string of the molecule is CCOC(=O)c1[nH]c(C)c(C(=O)C(C)N(Cc2ccco2)C(=O)c2cccc(F)c2)c1C. The van der Waals surface area contributed by atoms with Crippen LogP contribution in [-0.4, -0.2) is 40.2 Å². The van der Waals surface area contributed by atoms with E-state index in [4.69, 9.17) is 9.15 Å². The maximum Gasteiger partial charge on any atom is 0.355 e. The summed E-state index contributed by atoms with van der Waals surface area (Å²) in [4.78, 5) is 43.2. The maximum atomic E-state index is 13.7. The van der Waals surface area contributed by atoms with Crippen molar-refractivity contribution in [3.63, 3.8) is 0 Å². The van der Waals surface area contributed by atoms with E-state index >= 15 is 0 Å². The Kier molecular flexibility index (Phi) is 6.92. The number of Topliss-reactive ketones (excluding diaryl/α,β-unsaturated/α-hetero) is 1. The number of aromatic nitrogens is 1. The average molecular weight is 440 g/mol. The molecule has 2 heterocycles. The van der Waals surface area contributed by atoms with Gasteiger partial charge in [-0.15, -0.1) is 0 Å². The van der Waals surface area contributed by atoms with E-state index in [1.165, 1.54) is 29.4 Å². The Labute approximate surface area is 185 Å². The molecular weight excluding hydrogens is 415 g/mol. The van der Waals surface area contributed by atoms with E-state index in [0.29, 0.717) is 22.6 Å². The molecule has 1 aromatic carbocycles. The molecule has 32 heavy (non-hydrogen) atoms. The summed E-state index contributed by atoms with van der Waals surface area (Å²) in [6.07, 6.45) is 1.47. The number of furan rings is 1. The van der Waals surface area contributed by atoms with E-state index in [2.05, 4.69) is 4.98 Å². The van der Waals surface area contributed by atoms with Gasteiger partial charge in [-0.05, 0) is 63.6 Å². The van der Waals surface area contributed by atoms with Crippen LogP contribution < -0.4 is 0 Å². The van der Waals surface area contributed by atoms with Gasteiger partial charge in [0.05, 0.1) is 25.5 Å². The Bertz CT molecular complexity index is 1130. The molecule has 1 amide bonds. The number of esters is 1. The van der Waals surface area contributed by atoms with Gasteiger partial charge in [-0.3, -0.25) is 9.59 Å². The second-order valence-electron chi connectivity index (χ2n) is 7.41. The van der Waals surface area contributed by atoms with Crippen molar-refractivity contribution in [2.24, 2.45) is 0 Å². The lowest BCUT2D eigenvalue weighted by Gasteiger charge is -2.28. The van der Waals surface area contributed by atoms with Crippen molar-refractivity contribution in [1.29, 1.82) is 0 Å². The number of H-pyrrole nitrogens is 1. The van der Waals surface area contributed by atoms with Gasteiger partial charge >= 0.3 is 5.97 Å². The Morgan fingerprint density at radius 1 is 1.19 bits per heavy atom. The molecule has 0 aliphatic heterocycles. The summed E-state index contributed by atoms with van der Waals surface area (Å²) in [6.45, 7) is 6.85. The second-order valence-corrected chi connectivity index (χ2v) is 7.41. The molecule has 0 fully saturated rings. The highest BCUT2D eigenvalue weighted by molar-refractivity contribution is 6.07. The van der Waals surface area contributed by atoms with Crippen LogP contribution in [-0.2, 0) is 11.3 Å². The molecule has 168 valence electrons.